The van der Waals surface area contributed by atoms with Crippen molar-refractivity contribution in [1.29, 1.82) is 0 Å². The summed E-state index contributed by atoms with van der Waals surface area (Å²) in [5, 5.41) is 4.71. The Labute approximate surface area is 218 Å². The molecule has 0 spiro atoms. The summed E-state index contributed by atoms with van der Waals surface area (Å²) in [7, 11) is 0. The number of para-hydroxylation sites is 2. The van der Waals surface area contributed by atoms with Crippen LogP contribution in [-0.4, -0.2) is 48.0 Å². The van der Waals surface area contributed by atoms with Crippen molar-refractivity contribution in [2.24, 2.45) is 0 Å². The molecule has 6 rings (SSSR count). The average molecular weight is 513 g/mol. The number of hydrogen-bond acceptors (Lipinski definition) is 4. The molecule has 0 aliphatic carbocycles. The van der Waals surface area contributed by atoms with Crippen LogP contribution in [0.4, 0.5) is 4.39 Å². The van der Waals surface area contributed by atoms with Gasteiger partial charge in [0.05, 0.1) is 22.4 Å². The predicted octanol–water partition coefficient (Wildman–Crippen LogP) is 4.95. The summed E-state index contributed by atoms with van der Waals surface area (Å²) in [5.74, 6) is -0.607. The van der Waals surface area contributed by atoms with Crippen molar-refractivity contribution < 1.29 is 9.18 Å². The molecule has 1 fully saturated rings. The van der Waals surface area contributed by atoms with Crippen LogP contribution in [0.1, 0.15) is 55.8 Å². The minimum atomic E-state index is -0.392. The van der Waals surface area contributed by atoms with Crippen LogP contribution in [0.25, 0.3) is 27.9 Å². The summed E-state index contributed by atoms with van der Waals surface area (Å²) in [4.78, 5) is 35.6. The van der Waals surface area contributed by atoms with E-state index in [1.165, 1.54) is 6.07 Å². The van der Waals surface area contributed by atoms with Gasteiger partial charge in [-0.1, -0.05) is 45.0 Å². The molecule has 0 bridgehead atoms. The highest BCUT2D eigenvalue weighted by molar-refractivity contribution is 5.94. The Bertz CT molecular complexity index is 1730. The summed E-state index contributed by atoms with van der Waals surface area (Å²) in [6.07, 6.45) is 1.30. The predicted molar refractivity (Wildman–Crippen MR) is 144 cm³/mol. The number of rotatable bonds is 3. The summed E-state index contributed by atoms with van der Waals surface area (Å²) in [6, 6.07) is 17.6. The molecule has 0 unspecified atom stereocenters. The molecule has 1 aliphatic heterocycles. The first kappa shape index (κ1) is 24.1. The van der Waals surface area contributed by atoms with Crippen molar-refractivity contribution >= 4 is 22.6 Å². The Morgan fingerprint density at radius 3 is 2.47 bits per heavy atom. The number of carbonyl (C=O) groups excluding carboxylic acids is 1. The SMILES string of the molecule is CC(C)(C)c1cc2nc(C(=O)N3CCC(n4c(=O)[nH]c5ccccc54)CC3)cc(-c3ccccc3F)n2n1. The second kappa shape index (κ2) is 8.93. The number of piperidine rings is 1. The molecule has 4 heterocycles. The molecule has 0 saturated carbocycles. The van der Waals surface area contributed by atoms with Crippen molar-refractivity contribution in [2.45, 2.75) is 45.1 Å². The van der Waals surface area contributed by atoms with Gasteiger partial charge in [-0.05, 0) is 43.2 Å². The van der Waals surface area contributed by atoms with Crippen LogP contribution in [0.15, 0.2) is 65.5 Å². The highest BCUT2D eigenvalue weighted by Crippen LogP contribution is 2.29. The minimum absolute atomic E-state index is 0.00344. The van der Waals surface area contributed by atoms with E-state index in [4.69, 9.17) is 5.10 Å². The molecule has 3 aromatic heterocycles. The molecule has 9 heteroatoms. The van der Waals surface area contributed by atoms with Crippen molar-refractivity contribution in [3.05, 3.63) is 88.4 Å². The fourth-order valence-electron chi connectivity index (χ4n) is 5.24. The molecule has 38 heavy (non-hydrogen) atoms. The van der Waals surface area contributed by atoms with Crippen LogP contribution in [0.2, 0.25) is 0 Å². The van der Waals surface area contributed by atoms with Gasteiger partial charge in [-0.3, -0.25) is 9.36 Å². The van der Waals surface area contributed by atoms with E-state index in [0.717, 1.165) is 16.7 Å². The first-order chi connectivity index (χ1) is 18.2. The number of imidazole rings is 1. The lowest BCUT2D eigenvalue weighted by molar-refractivity contribution is 0.0689. The van der Waals surface area contributed by atoms with Gasteiger partial charge in [0.1, 0.15) is 11.5 Å². The number of carbonyl (C=O) groups is 1. The first-order valence-electron chi connectivity index (χ1n) is 12.9. The second-order valence-corrected chi connectivity index (χ2v) is 10.9. The van der Waals surface area contributed by atoms with Gasteiger partial charge in [-0.25, -0.2) is 18.7 Å². The van der Waals surface area contributed by atoms with Gasteiger partial charge in [0.25, 0.3) is 5.91 Å². The van der Waals surface area contributed by atoms with Gasteiger partial charge in [0, 0.05) is 36.2 Å². The molecular formula is C29H29FN6O2. The van der Waals surface area contributed by atoms with Gasteiger partial charge in [0.15, 0.2) is 5.65 Å². The monoisotopic (exact) mass is 512 g/mol. The van der Waals surface area contributed by atoms with E-state index in [1.807, 2.05) is 51.1 Å². The number of H-pyrrole nitrogens is 1. The fourth-order valence-corrected chi connectivity index (χ4v) is 5.24. The third-order valence-electron chi connectivity index (χ3n) is 7.31. The number of nitrogens with one attached hydrogen (secondary N) is 1. The average Bonchev–Trinajstić information content (AvgIpc) is 3.49. The second-order valence-electron chi connectivity index (χ2n) is 10.9. The largest absolute Gasteiger partial charge is 0.337 e. The summed E-state index contributed by atoms with van der Waals surface area (Å²) < 4.78 is 18.3. The maximum atomic E-state index is 14.9. The van der Waals surface area contributed by atoms with Crippen molar-refractivity contribution in [2.75, 3.05) is 13.1 Å². The van der Waals surface area contributed by atoms with E-state index in [-0.39, 0.29) is 28.7 Å². The number of hydrogen-bond donors (Lipinski definition) is 1. The highest BCUT2D eigenvalue weighted by atomic mass is 19.1. The molecule has 194 valence electrons. The number of halogens is 1. The van der Waals surface area contributed by atoms with E-state index >= 15 is 0 Å². The van der Waals surface area contributed by atoms with E-state index < -0.39 is 5.82 Å². The topological polar surface area (TPSA) is 88.3 Å². The minimum Gasteiger partial charge on any atom is -0.337 e. The summed E-state index contributed by atoms with van der Waals surface area (Å²) in [6.45, 7) is 7.13. The fraction of sp³-hybridized carbons (Fsp3) is 0.310. The molecule has 8 nitrogen and oxygen atoms in total. The van der Waals surface area contributed by atoms with Gasteiger partial charge in [0.2, 0.25) is 0 Å². The van der Waals surface area contributed by atoms with Gasteiger partial charge in [-0.15, -0.1) is 0 Å². The third kappa shape index (κ3) is 4.08. The third-order valence-corrected chi connectivity index (χ3v) is 7.31. The van der Waals surface area contributed by atoms with Crippen LogP contribution in [0.3, 0.4) is 0 Å². The van der Waals surface area contributed by atoms with E-state index in [9.17, 15) is 14.0 Å². The number of aromatic nitrogens is 5. The normalized spacial score (nSPS) is 15.0. The van der Waals surface area contributed by atoms with Crippen LogP contribution < -0.4 is 5.69 Å². The van der Waals surface area contributed by atoms with E-state index in [2.05, 4.69) is 9.97 Å². The summed E-state index contributed by atoms with van der Waals surface area (Å²) in [5.41, 5.74) is 3.70. The Balaban J connectivity index is 1.33. The van der Waals surface area contributed by atoms with Gasteiger partial charge >= 0.3 is 5.69 Å². The number of aromatic amines is 1. The Hall–Kier alpha value is -4.27. The molecule has 0 atom stereocenters. The lowest BCUT2D eigenvalue weighted by Crippen LogP contribution is -2.40. The number of likely N-dealkylation sites (tertiary alicyclic amines) is 1. The van der Waals surface area contributed by atoms with Gasteiger partial charge in [-0.2, -0.15) is 5.10 Å². The smallest absolute Gasteiger partial charge is 0.326 e. The van der Waals surface area contributed by atoms with Crippen molar-refractivity contribution in [1.82, 2.24) is 29.0 Å². The van der Waals surface area contributed by atoms with Crippen molar-refractivity contribution in [3.8, 4) is 11.3 Å². The molecule has 1 amide bonds. The first-order valence-corrected chi connectivity index (χ1v) is 12.9. The molecule has 1 N–H and O–H groups in total. The van der Waals surface area contributed by atoms with Crippen molar-refractivity contribution in [3.63, 3.8) is 0 Å². The number of benzene rings is 2. The standard InChI is InChI=1S/C29H29FN6O2/c1-29(2,3)25-17-26-31-22(16-24(36(26)33-25)19-8-4-5-9-20(19)30)27(37)34-14-12-18(13-15-34)35-23-11-7-6-10-21(23)32-28(35)38/h4-11,16-18H,12-15H2,1-3H3,(H,32,38). The number of fused-ring (bicyclic) bond motifs is 2. The zero-order valence-electron chi connectivity index (χ0n) is 21.6. The van der Waals surface area contributed by atoms with Gasteiger partial charge < -0.3 is 9.88 Å². The zero-order valence-corrected chi connectivity index (χ0v) is 21.6. The molecule has 0 radical (unpaired) electrons. The maximum Gasteiger partial charge on any atom is 0.326 e. The molecule has 1 aliphatic rings. The van der Waals surface area contributed by atoms with Crippen LogP contribution in [-0.2, 0) is 5.41 Å². The molecule has 2 aromatic carbocycles. The number of amides is 1. The lowest BCUT2D eigenvalue weighted by Gasteiger charge is -2.32. The molecule has 1 saturated heterocycles. The zero-order chi connectivity index (χ0) is 26.6. The number of nitrogens with zero attached hydrogens (tertiary/aromatic N) is 5. The van der Waals surface area contributed by atoms with E-state index in [1.54, 1.807) is 38.2 Å². The molecular weight excluding hydrogens is 483 g/mol. The van der Waals surface area contributed by atoms with Crippen LogP contribution >= 0.6 is 0 Å². The maximum absolute atomic E-state index is 14.9. The van der Waals surface area contributed by atoms with Crippen LogP contribution in [0.5, 0.6) is 0 Å². The Morgan fingerprint density at radius 2 is 1.74 bits per heavy atom. The van der Waals surface area contributed by atoms with E-state index in [0.29, 0.717) is 42.8 Å². The summed E-state index contributed by atoms with van der Waals surface area (Å²) >= 11 is 0. The lowest BCUT2D eigenvalue weighted by atomic mass is 9.93. The molecule has 5 aromatic rings. The Kier molecular flexibility index (Phi) is 5.66. The highest BCUT2D eigenvalue weighted by Gasteiger charge is 2.29. The van der Waals surface area contributed by atoms with Crippen LogP contribution in [0, 0.1) is 5.82 Å². The quantitative estimate of drug-likeness (QED) is 0.370. The Morgan fingerprint density at radius 1 is 1.03 bits per heavy atom.